The van der Waals surface area contributed by atoms with Gasteiger partial charge in [-0.15, -0.1) is 0 Å². The van der Waals surface area contributed by atoms with Gasteiger partial charge < -0.3 is 13.9 Å². The SMILES string of the molecule is COC(=O)c1ccc(S(=O)(=O)N(C[C@@H]2CCOC2)C2CC2)o1. The molecule has 122 valence electrons. The second-order valence-electron chi connectivity index (χ2n) is 5.65. The highest BCUT2D eigenvalue weighted by Crippen LogP contribution is 2.34. The van der Waals surface area contributed by atoms with E-state index in [-0.39, 0.29) is 22.8 Å². The molecule has 0 aromatic carbocycles. The van der Waals surface area contributed by atoms with Crippen LogP contribution in [0.2, 0.25) is 0 Å². The first-order chi connectivity index (χ1) is 10.5. The van der Waals surface area contributed by atoms with Crippen molar-refractivity contribution in [3.63, 3.8) is 0 Å². The third-order valence-corrected chi connectivity index (χ3v) is 5.74. The van der Waals surface area contributed by atoms with E-state index < -0.39 is 16.0 Å². The summed E-state index contributed by atoms with van der Waals surface area (Å²) >= 11 is 0. The number of nitrogens with zero attached hydrogens (tertiary/aromatic N) is 1. The van der Waals surface area contributed by atoms with Crippen LogP contribution in [0.15, 0.2) is 21.6 Å². The lowest BCUT2D eigenvalue weighted by Crippen LogP contribution is -2.37. The van der Waals surface area contributed by atoms with Crippen molar-refractivity contribution in [2.75, 3.05) is 26.9 Å². The number of carbonyl (C=O) groups excluding carboxylic acids is 1. The van der Waals surface area contributed by atoms with Gasteiger partial charge in [0.25, 0.3) is 10.0 Å². The molecule has 0 unspecified atom stereocenters. The average molecular weight is 329 g/mol. The standard InChI is InChI=1S/C14H19NO6S/c1-19-14(16)12-4-5-13(21-12)22(17,18)15(11-2-3-11)8-10-6-7-20-9-10/h4-5,10-11H,2-3,6-9H2,1H3/t10-/m0/s1. The molecule has 1 atom stereocenters. The van der Waals surface area contributed by atoms with Gasteiger partial charge in [-0.3, -0.25) is 0 Å². The number of methoxy groups -OCH3 is 1. The topological polar surface area (TPSA) is 86.1 Å². The van der Waals surface area contributed by atoms with Gasteiger partial charge in [0.05, 0.1) is 13.7 Å². The first-order valence-corrected chi connectivity index (χ1v) is 8.74. The molecule has 22 heavy (non-hydrogen) atoms. The van der Waals surface area contributed by atoms with Crippen LogP contribution in [0.3, 0.4) is 0 Å². The van der Waals surface area contributed by atoms with Crippen LogP contribution in [0.5, 0.6) is 0 Å². The van der Waals surface area contributed by atoms with E-state index in [2.05, 4.69) is 4.74 Å². The molecule has 8 heteroatoms. The molecular formula is C14H19NO6S. The summed E-state index contributed by atoms with van der Waals surface area (Å²) in [5.41, 5.74) is 0. The first-order valence-electron chi connectivity index (χ1n) is 7.30. The molecule has 0 spiro atoms. The minimum atomic E-state index is -3.74. The van der Waals surface area contributed by atoms with Gasteiger partial charge in [-0.25, -0.2) is 13.2 Å². The Kier molecular flexibility index (Phi) is 4.24. The Hall–Kier alpha value is -1.38. The van der Waals surface area contributed by atoms with Crippen LogP contribution < -0.4 is 0 Å². The van der Waals surface area contributed by atoms with Crippen molar-refractivity contribution in [1.82, 2.24) is 4.31 Å². The summed E-state index contributed by atoms with van der Waals surface area (Å²) < 4.78 is 42.1. The molecule has 2 fully saturated rings. The van der Waals surface area contributed by atoms with E-state index in [1.54, 1.807) is 0 Å². The number of rotatable bonds is 6. The van der Waals surface area contributed by atoms with Crippen molar-refractivity contribution < 1.29 is 27.1 Å². The third-order valence-electron chi connectivity index (χ3n) is 3.95. The summed E-state index contributed by atoms with van der Waals surface area (Å²) in [6.07, 6.45) is 2.58. The Morgan fingerprint density at radius 3 is 2.73 bits per heavy atom. The minimum Gasteiger partial charge on any atom is -0.463 e. The van der Waals surface area contributed by atoms with Crippen LogP contribution in [-0.4, -0.2) is 51.6 Å². The van der Waals surface area contributed by atoms with E-state index in [1.807, 2.05) is 0 Å². The number of hydrogen-bond donors (Lipinski definition) is 0. The highest BCUT2D eigenvalue weighted by atomic mass is 32.2. The molecule has 1 aliphatic carbocycles. The summed E-state index contributed by atoms with van der Waals surface area (Å²) in [5, 5.41) is -0.210. The van der Waals surface area contributed by atoms with E-state index in [4.69, 9.17) is 9.15 Å². The zero-order valence-corrected chi connectivity index (χ0v) is 13.2. The summed E-state index contributed by atoms with van der Waals surface area (Å²) in [4.78, 5) is 11.4. The molecule has 3 rings (SSSR count). The highest BCUT2D eigenvalue weighted by molar-refractivity contribution is 7.89. The van der Waals surface area contributed by atoms with Gasteiger partial charge in [0.2, 0.25) is 10.9 Å². The van der Waals surface area contributed by atoms with Gasteiger partial charge in [0.15, 0.2) is 0 Å². The van der Waals surface area contributed by atoms with E-state index in [1.165, 1.54) is 23.5 Å². The fraction of sp³-hybridized carbons (Fsp3) is 0.643. The quantitative estimate of drug-likeness (QED) is 0.730. The van der Waals surface area contributed by atoms with Gasteiger partial charge in [-0.2, -0.15) is 4.31 Å². The highest BCUT2D eigenvalue weighted by Gasteiger charge is 2.41. The van der Waals surface area contributed by atoms with Crippen LogP contribution in [0.4, 0.5) is 0 Å². The zero-order valence-electron chi connectivity index (χ0n) is 12.4. The van der Waals surface area contributed by atoms with Gasteiger partial charge in [-0.1, -0.05) is 0 Å². The maximum atomic E-state index is 12.8. The van der Waals surface area contributed by atoms with E-state index in [0.717, 1.165) is 19.3 Å². The largest absolute Gasteiger partial charge is 0.463 e. The summed E-state index contributed by atoms with van der Waals surface area (Å²) in [6.45, 7) is 1.70. The van der Waals surface area contributed by atoms with Crippen LogP contribution in [0, 0.1) is 5.92 Å². The zero-order chi connectivity index (χ0) is 15.7. The fourth-order valence-electron chi connectivity index (χ4n) is 2.57. The van der Waals surface area contributed by atoms with E-state index in [0.29, 0.717) is 19.8 Å². The molecular weight excluding hydrogens is 310 g/mol. The first kappa shape index (κ1) is 15.5. The van der Waals surface area contributed by atoms with E-state index >= 15 is 0 Å². The Morgan fingerprint density at radius 2 is 2.14 bits per heavy atom. The maximum Gasteiger partial charge on any atom is 0.374 e. The number of ether oxygens (including phenoxy) is 2. The Bertz CT molecular complexity index is 642. The molecule has 1 aromatic rings. The van der Waals surface area contributed by atoms with Crippen LogP contribution in [0.25, 0.3) is 0 Å². The van der Waals surface area contributed by atoms with Gasteiger partial charge in [-0.05, 0) is 37.3 Å². The summed E-state index contributed by atoms with van der Waals surface area (Å²) in [5.74, 6) is -0.588. The van der Waals surface area contributed by atoms with Crippen molar-refractivity contribution in [3.05, 3.63) is 17.9 Å². The molecule has 0 radical (unpaired) electrons. The Balaban J connectivity index is 1.82. The summed E-state index contributed by atoms with van der Waals surface area (Å²) in [7, 11) is -2.52. The minimum absolute atomic E-state index is 0.0253. The lowest BCUT2D eigenvalue weighted by atomic mass is 10.1. The molecule has 7 nitrogen and oxygen atoms in total. The second kappa shape index (κ2) is 6.02. The number of sulfonamides is 1. The van der Waals surface area contributed by atoms with Gasteiger partial charge in [0, 0.05) is 19.2 Å². The molecule has 0 N–H and O–H groups in total. The lowest BCUT2D eigenvalue weighted by molar-refractivity contribution is 0.0558. The van der Waals surface area contributed by atoms with Crippen molar-refractivity contribution >= 4 is 16.0 Å². The van der Waals surface area contributed by atoms with Gasteiger partial charge >= 0.3 is 5.97 Å². The normalized spacial score (nSPS) is 22.2. The summed E-state index contributed by atoms with van der Waals surface area (Å²) in [6, 6.07) is 2.65. The monoisotopic (exact) mass is 329 g/mol. The third kappa shape index (κ3) is 3.04. The predicted molar refractivity (Wildman–Crippen MR) is 75.9 cm³/mol. The Labute approximate surface area is 129 Å². The smallest absolute Gasteiger partial charge is 0.374 e. The van der Waals surface area contributed by atoms with Crippen molar-refractivity contribution in [2.45, 2.75) is 30.4 Å². The van der Waals surface area contributed by atoms with E-state index in [9.17, 15) is 13.2 Å². The molecule has 1 saturated heterocycles. The lowest BCUT2D eigenvalue weighted by Gasteiger charge is -2.23. The molecule has 2 aliphatic rings. The molecule has 0 amide bonds. The maximum absolute atomic E-state index is 12.8. The number of hydrogen-bond acceptors (Lipinski definition) is 6. The van der Waals surface area contributed by atoms with Crippen LogP contribution in [0.1, 0.15) is 29.8 Å². The fourth-order valence-corrected chi connectivity index (χ4v) is 4.25. The number of carbonyl (C=O) groups is 1. The average Bonchev–Trinajstić information content (AvgIpc) is 3.02. The van der Waals surface area contributed by atoms with Crippen LogP contribution >= 0.6 is 0 Å². The number of furan rings is 1. The van der Waals surface area contributed by atoms with Crippen molar-refractivity contribution in [2.24, 2.45) is 5.92 Å². The molecule has 1 aliphatic heterocycles. The van der Waals surface area contributed by atoms with Crippen LogP contribution in [-0.2, 0) is 19.5 Å². The second-order valence-corrected chi connectivity index (χ2v) is 7.47. The Morgan fingerprint density at radius 1 is 1.36 bits per heavy atom. The molecule has 2 heterocycles. The molecule has 1 aromatic heterocycles. The number of esters is 1. The molecule has 1 saturated carbocycles. The van der Waals surface area contributed by atoms with Gasteiger partial charge in [0.1, 0.15) is 0 Å². The van der Waals surface area contributed by atoms with Crippen molar-refractivity contribution in [1.29, 1.82) is 0 Å². The van der Waals surface area contributed by atoms with Crippen molar-refractivity contribution in [3.8, 4) is 0 Å². The predicted octanol–water partition coefficient (Wildman–Crippen LogP) is 1.26. The molecule has 0 bridgehead atoms.